The van der Waals surface area contributed by atoms with E-state index in [2.05, 4.69) is 0 Å². The molecule has 0 spiro atoms. The van der Waals surface area contributed by atoms with Crippen molar-refractivity contribution in [1.29, 1.82) is 0 Å². The number of carboxylic acid groups (broad SMARTS) is 1. The van der Waals surface area contributed by atoms with Crippen molar-refractivity contribution in [2.75, 3.05) is 0 Å². The first-order valence-corrected chi connectivity index (χ1v) is 6.13. The van der Waals surface area contributed by atoms with Gasteiger partial charge in [0.2, 0.25) is 0 Å². The van der Waals surface area contributed by atoms with Crippen molar-refractivity contribution in [2.45, 2.75) is 50.2 Å². The third-order valence-electron chi connectivity index (χ3n) is 5.00. The van der Waals surface area contributed by atoms with Gasteiger partial charge in [-0.05, 0) is 55.8 Å². The summed E-state index contributed by atoms with van der Waals surface area (Å²) in [5.74, 6) is 0.0823. The van der Waals surface area contributed by atoms with Crippen molar-refractivity contribution in [3.05, 3.63) is 0 Å². The molecule has 4 bridgehead atoms. The maximum Gasteiger partial charge on any atom is 0.321 e. The SMILES string of the molecule is N[C@H](C(=O)O)C12CC3CC(CC(O)(C3)C1)C2. The fourth-order valence-corrected chi connectivity index (χ4v) is 4.91. The van der Waals surface area contributed by atoms with Crippen LogP contribution in [0.3, 0.4) is 0 Å². The summed E-state index contributed by atoms with van der Waals surface area (Å²) in [4.78, 5) is 11.1. The van der Waals surface area contributed by atoms with Gasteiger partial charge in [0.05, 0.1) is 5.60 Å². The molecule has 0 saturated heterocycles. The topological polar surface area (TPSA) is 83.6 Å². The lowest BCUT2D eigenvalue weighted by atomic mass is 9.46. The predicted molar refractivity (Wildman–Crippen MR) is 57.7 cm³/mol. The van der Waals surface area contributed by atoms with E-state index in [-0.39, 0.29) is 5.41 Å². The Labute approximate surface area is 94.8 Å². The van der Waals surface area contributed by atoms with Crippen LogP contribution in [0, 0.1) is 17.3 Å². The highest BCUT2D eigenvalue weighted by Gasteiger charge is 2.60. The highest BCUT2D eigenvalue weighted by atomic mass is 16.4. The van der Waals surface area contributed by atoms with Gasteiger partial charge in [-0.1, -0.05) is 0 Å². The minimum absolute atomic E-state index is 0.329. The van der Waals surface area contributed by atoms with Crippen LogP contribution in [0.4, 0.5) is 0 Å². The fraction of sp³-hybridized carbons (Fsp3) is 0.917. The Bertz CT molecular complexity index is 327. The number of aliphatic carboxylic acids is 1. The van der Waals surface area contributed by atoms with E-state index in [4.69, 9.17) is 10.8 Å². The van der Waals surface area contributed by atoms with Crippen molar-refractivity contribution >= 4 is 5.97 Å². The molecule has 0 radical (unpaired) electrons. The zero-order valence-corrected chi connectivity index (χ0v) is 9.35. The van der Waals surface area contributed by atoms with Gasteiger partial charge in [0.1, 0.15) is 6.04 Å². The molecule has 90 valence electrons. The number of carbonyl (C=O) groups is 1. The Morgan fingerprint density at radius 3 is 2.25 bits per heavy atom. The molecular formula is C12H19NO3. The largest absolute Gasteiger partial charge is 0.480 e. The lowest BCUT2D eigenvalue weighted by Crippen LogP contribution is -2.62. The molecule has 0 aromatic heterocycles. The van der Waals surface area contributed by atoms with Crippen LogP contribution in [0.5, 0.6) is 0 Å². The number of hydrogen-bond acceptors (Lipinski definition) is 3. The molecule has 4 aliphatic rings. The van der Waals surface area contributed by atoms with Gasteiger partial charge in [-0.25, -0.2) is 0 Å². The highest BCUT2D eigenvalue weighted by molar-refractivity contribution is 5.74. The van der Waals surface area contributed by atoms with E-state index in [9.17, 15) is 9.90 Å². The molecule has 0 aromatic rings. The second-order valence-corrected chi connectivity index (χ2v) is 6.36. The van der Waals surface area contributed by atoms with Gasteiger partial charge >= 0.3 is 5.97 Å². The molecule has 4 saturated carbocycles. The van der Waals surface area contributed by atoms with Gasteiger partial charge in [0, 0.05) is 0 Å². The first kappa shape index (κ1) is 10.5. The van der Waals surface area contributed by atoms with E-state index >= 15 is 0 Å². The zero-order chi connectivity index (χ0) is 11.6. The molecular weight excluding hydrogens is 206 g/mol. The smallest absolute Gasteiger partial charge is 0.321 e. The van der Waals surface area contributed by atoms with Crippen LogP contribution in [0.1, 0.15) is 38.5 Å². The molecule has 0 heterocycles. The Morgan fingerprint density at radius 1 is 1.25 bits per heavy atom. The Hall–Kier alpha value is -0.610. The van der Waals surface area contributed by atoms with Gasteiger partial charge in [0.25, 0.3) is 0 Å². The first-order valence-electron chi connectivity index (χ1n) is 6.13. The normalized spacial score (nSPS) is 51.6. The zero-order valence-electron chi connectivity index (χ0n) is 9.35. The van der Waals surface area contributed by atoms with Crippen LogP contribution in [-0.2, 0) is 4.79 Å². The van der Waals surface area contributed by atoms with E-state index in [0.717, 1.165) is 32.1 Å². The second-order valence-electron chi connectivity index (χ2n) is 6.36. The molecule has 0 aliphatic heterocycles. The van der Waals surface area contributed by atoms with Gasteiger partial charge in [0.15, 0.2) is 0 Å². The molecule has 4 fully saturated rings. The lowest BCUT2D eigenvalue weighted by Gasteiger charge is -2.61. The summed E-state index contributed by atoms with van der Waals surface area (Å²) in [7, 11) is 0. The number of carboxylic acids is 1. The summed E-state index contributed by atoms with van der Waals surface area (Å²) in [6, 6.07) is -0.801. The molecule has 3 atom stereocenters. The average molecular weight is 225 g/mol. The van der Waals surface area contributed by atoms with Crippen LogP contribution in [0.15, 0.2) is 0 Å². The van der Waals surface area contributed by atoms with Gasteiger partial charge < -0.3 is 15.9 Å². The Balaban J connectivity index is 1.94. The van der Waals surface area contributed by atoms with Crippen molar-refractivity contribution in [3.63, 3.8) is 0 Å². The Kier molecular flexibility index (Phi) is 1.97. The van der Waals surface area contributed by atoms with E-state index in [1.54, 1.807) is 0 Å². The summed E-state index contributed by atoms with van der Waals surface area (Å²) in [5.41, 5.74) is 4.92. The quantitative estimate of drug-likeness (QED) is 0.647. The van der Waals surface area contributed by atoms with E-state index in [0.29, 0.717) is 18.3 Å². The summed E-state index contributed by atoms with van der Waals surface area (Å²) in [5, 5.41) is 19.6. The van der Waals surface area contributed by atoms with E-state index in [1.165, 1.54) is 0 Å². The minimum atomic E-state index is -0.912. The number of rotatable bonds is 2. The van der Waals surface area contributed by atoms with Crippen LogP contribution in [-0.4, -0.2) is 27.8 Å². The van der Waals surface area contributed by atoms with Gasteiger partial charge in [-0.15, -0.1) is 0 Å². The summed E-state index contributed by atoms with van der Waals surface area (Å²) >= 11 is 0. The molecule has 2 unspecified atom stereocenters. The molecule has 0 aromatic carbocycles. The predicted octanol–water partition coefficient (Wildman–Crippen LogP) is 0.730. The average Bonchev–Trinajstić information content (AvgIpc) is 2.12. The van der Waals surface area contributed by atoms with Crippen molar-refractivity contribution in [3.8, 4) is 0 Å². The maximum absolute atomic E-state index is 11.1. The summed E-state index contributed by atoms with van der Waals surface area (Å²) in [6.07, 6.45) is 5.28. The number of nitrogens with two attached hydrogens (primary N) is 1. The first-order chi connectivity index (χ1) is 7.42. The minimum Gasteiger partial charge on any atom is -0.480 e. The van der Waals surface area contributed by atoms with Crippen molar-refractivity contribution in [2.24, 2.45) is 23.0 Å². The monoisotopic (exact) mass is 225 g/mol. The fourth-order valence-electron chi connectivity index (χ4n) is 4.91. The molecule has 4 heteroatoms. The third-order valence-corrected chi connectivity index (χ3v) is 5.00. The van der Waals surface area contributed by atoms with Gasteiger partial charge in [-0.2, -0.15) is 0 Å². The molecule has 4 aliphatic carbocycles. The molecule has 4 nitrogen and oxygen atoms in total. The van der Waals surface area contributed by atoms with E-state index in [1.807, 2.05) is 0 Å². The van der Waals surface area contributed by atoms with Crippen LogP contribution in [0.25, 0.3) is 0 Å². The number of hydrogen-bond donors (Lipinski definition) is 3. The second kappa shape index (κ2) is 2.99. The van der Waals surface area contributed by atoms with Crippen molar-refractivity contribution < 1.29 is 15.0 Å². The molecule has 4 N–H and O–H groups in total. The van der Waals surface area contributed by atoms with Gasteiger partial charge in [-0.3, -0.25) is 4.79 Å². The molecule has 16 heavy (non-hydrogen) atoms. The molecule has 4 rings (SSSR count). The van der Waals surface area contributed by atoms with Crippen LogP contribution < -0.4 is 5.73 Å². The summed E-state index contributed by atoms with van der Waals surface area (Å²) in [6.45, 7) is 0. The Morgan fingerprint density at radius 2 is 1.81 bits per heavy atom. The number of aliphatic hydroxyl groups is 1. The summed E-state index contributed by atoms with van der Waals surface area (Å²) < 4.78 is 0. The lowest BCUT2D eigenvalue weighted by molar-refractivity contribution is -0.179. The standard InChI is InChI=1S/C12H19NO3/c13-9(10(14)15)11-2-7-1-8(3-11)5-12(16,4-7)6-11/h7-9,16H,1-6,13H2,(H,14,15)/t7?,8?,9-,11?,12?/m1/s1. The van der Waals surface area contributed by atoms with Crippen LogP contribution in [0.2, 0.25) is 0 Å². The third kappa shape index (κ3) is 1.32. The van der Waals surface area contributed by atoms with E-state index < -0.39 is 17.6 Å². The molecule has 0 amide bonds. The van der Waals surface area contributed by atoms with Crippen LogP contribution >= 0.6 is 0 Å². The van der Waals surface area contributed by atoms with Crippen molar-refractivity contribution in [1.82, 2.24) is 0 Å². The maximum atomic E-state index is 11.1. The highest BCUT2D eigenvalue weighted by Crippen LogP contribution is 2.62.